The van der Waals surface area contributed by atoms with Crippen molar-refractivity contribution in [2.45, 2.75) is 26.3 Å². The van der Waals surface area contributed by atoms with Crippen molar-refractivity contribution in [1.29, 1.82) is 0 Å². The number of allylic oxidation sites excluding steroid dienone is 2. The van der Waals surface area contributed by atoms with Crippen LogP contribution < -0.4 is 4.18 Å². The summed E-state index contributed by atoms with van der Waals surface area (Å²) >= 11 is 0. The molecule has 0 aliphatic rings. The molecule has 0 amide bonds. The molecule has 1 aromatic heterocycles. The molecule has 0 fully saturated rings. The lowest BCUT2D eigenvalue weighted by molar-refractivity contribution is -0.0500. The van der Waals surface area contributed by atoms with Gasteiger partial charge in [0.2, 0.25) is 5.78 Å². The maximum absolute atomic E-state index is 13.0. The van der Waals surface area contributed by atoms with E-state index in [9.17, 15) is 26.4 Å². The molecular formula is C19H17F3O5S. The molecular weight excluding hydrogens is 397 g/mol. The van der Waals surface area contributed by atoms with Gasteiger partial charge in [-0.2, -0.15) is 21.6 Å². The van der Waals surface area contributed by atoms with E-state index in [2.05, 4.69) is 17.3 Å². The van der Waals surface area contributed by atoms with Crippen LogP contribution in [-0.4, -0.2) is 19.7 Å². The van der Waals surface area contributed by atoms with Gasteiger partial charge in [0.1, 0.15) is 0 Å². The van der Waals surface area contributed by atoms with Crippen LogP contribution in [0.25, 0.3) is 11.1 Å². The third kappa shape index (κ3) is 3.89. The number of carbonyl (C=O) groups excluding carboxylic acids is 1. The van der Waals surface area contributed by atoms with Gasteiger partial charge in [0.05, 0.1) is 11.8 Å². The third-order valence-corrected chi connectivity index (χ3v) is 4.77. The van der Waals surface area contributed by atoms with E-state index >= 15 is 0 Å². The Morgan fingerprint density at radius 3 is 2.21 bits per heavy atom. The largest absolute Gasteiger partial charge is 0.534 e. The Hall–Kier alpha value is -2.81. The number of carbonyl (C=O) groups is 1. The zero-order valence-electron chi connectivity index (χ0n) is 15.3. The first-order valence-corrected chi connectivity index (χ1v) is 9.27. The van der Waals surface area contributed by atoms with Crippen molar-refractivity contribution in [3.63, 3.8) is 0 Å². The van der Waals surface area contributed by atoms with Gasteiger partial charge in [-0.15, -0.1) is 0 Å². The molecule has 0 bridgehead atoms. The zero-order chi connectivity index (χ0) is 21.4. The van der Waals surface area contributed by atoms with Crippen LogP contribution in [0.3, 0.4) is 0 Å². The molecule has 0 radical (unpaired) electrons. The van der Waals surface area contributed by atoms with Crippen LogP contribution in [0, 0.1) is 6.92 Å². The molecule has 9 heteroatoms. The predicted molar refractivity (Wildman–Crippen MR) is 98.3 cm³/mol. The number of para-hydroxylation sites is 1. The van der Waals surface area contributed by atoms with E-state index in [0.29, 0.717) is 22.3 Å². The second kappa shape index (κ2) is 7.31. The number of benzene rings is 1. The van der Waals surface area contributed by atoms with Gasteiger partial charge in [0.15, 0.2) is 11.5 Å². The molecule has 28 heavy (non-hydrogen) atoms. The molecule has 0 saturated heterocycles. The minimum absolute atomic E-state index is 0.0298. The zero-order valence-corrected chi connectivity index (χ0v) is 16.1. The molecule has 0 aliphatic carbocycles. The number of hydrogen-bond donors (Lipinski definition) is 0. The van der Waals surface area contributed by atoms with Crippen molar-refractivity contribution >= 4 is 27.0 Å². The molecule has 150 valence electrons. The molecule has 0 spiro atoms. The van der Waals surface area contributed by atoms with Gasteiger partial charge in [0.25, 0.3) is 0 Å². The second-order valence-electron chi connectivity index (χ2n) is 6.18. The van der Waals surface area contributed by atoms with E-state index in [1.165, 1.54) is 25.3 Å². The van der Waals surface area contributed by atoms with E-state index < -0.39 is 32.7 Å². The maximum atomic E-state index is 13.0. The minimum atomic E-state index is -5.96. The molecule has 0 saturated carbocycles. The Labute approximate surface area is 160 Å². The number of aryl methyl sites for hydroxylation is 1. The molecule has 1 aromatic carbocycles. The number of rotatable bonds is 6. The second-order valence-corrected chi connectivity index (χ2v) is 7.72. The van der Waals surface area contributed by atoms with Crippen LogP contribution in [-0.2, 0) is 10.1 Å². The van der Waals surface area contributed by atoms with Crippen molar-refractivity contribution in [3.8, 4) is 5.75 Å². The van der Waals surface area contributed by atoms with E-state index in [1.54, 1.807) is 13.8 Å². The third-order valence-electron chi connectivity index (χ3n) is 3.82. The Morgan fingerprint density at radius 2 is 1.71 bits per heavy atom. The van der Waals surface area contributed by atoms with E-state index in [1.807, 2.05) is 0 Å². The van der Waals surface area contributed by atoms with Gasteiger partial charge in [-0.3, -0.25) is 4.79 Å². The predicted octanol–water partition coefficient (Wildman–Crippen LogP) is 5.11. The Morgan fingerprint density at radius 1 is 1.11 bits per heavy atom. The number of hydrogen-bond acceptors (Lipinski definition) is 5. The van der Waals surface area contributed by atoms with Crippen molar-refractivity contribution in [3.05, 3.63) is 65.6 Å². The summed E-state index contributed by atoms with van der Waals surface area (Å²) in [5.41, 5.74) is -4.11. The van der Waals surface area contributed by atoms with Gasteiger partial charge < -0.3 is 8.60 Å². The highest BCUT2D eigenvalue weighted by Crippen LogP contribution is 2.35. The number of furan rings is 1. The van der Waals surface area contributed by atoms with E-state index in [4.69, 9.17) is 4.42 Å². The summed E-state index contributed by atoms with van der Waals surface area (Å²) in [7, 11) is -5.96. The summed E-state index contributed by atoms with van der Waals surface area (Å²) in [5, 5.41) is 0. The smallest absolute Gasteiger partial charge is 0.460 e. The van der Waals surface area contributed by atoms with Crippen molar-refractivity contribution < 1.29 is 35.0 Å². The SMILES string of the molecule is C=C(C)c1coc(C(=O)c2cccc(C)c2OS(=O)(=O)C(F)(F)F)c1C(=C)C. The first-order chi connectivity index (χ1) is 12.8. The lowest BCUT2D eigenvalue weighted by Crippen LogP contribution is -2.29. The fourth-order valence-corrected chi connectivity index (χ4v) is 3.02. The number of ketones is 1. The van der Waals surface area contributed by atoms with Crippen molar-refractivity contribution in [2.75, 3.05) is 0 Å². The van der Waals surface area contributed by atoms with Crippen LogP contribution >= 0.6 is 0 Å². The molecule has 0 aliphatic heterocycles. The summed E-state index contributed by atoms with van der Waals surface area (Å²) in [6, 6.07) is 3.86. The summed E-state index contributed by atoms with van der Waals surface area (Å²) in [4.78, 5) is 13.0. The molecule has 1 heterocycles. The molecule has 0 atom stereocenters. The Bertz CT molecular complexity index is 1080. The van der Waals surface area contributed by atoms with Crippen molar-refractivity contribution in [2.24, 2.45) is 0 Å². The topological polar surface area (TPSA) is 73.6 Å². The van der Waals surface area contributed by atoms with Gasteiger partial charge in [-0.05, 0) is 43.5 Å². The van der Waals surface area contributed by atoms with Gasteiger partial charge in [-0.1, -0.05) is 25.3 Å². The first-order valence-electron chi connectivity index (χ1n) is 7.86. The molecule has 2 aromatic rings. The lowest BCUT2D eigenvalue weighted by atomic mass is 9.95. The van der Waals surface area contributed by atoms with E-state index in [0.717, 1.165) is 6.07 Å². The highest BCUT2D eigenvalue weighted by atomic mass is 32.2. The molecule has 5 nitrogen and oxygen atoms in total. The fraction of sp³-hybridized carbons (Fsp3) is 0.211. The average Bonchev–Trinajstić information content (AvgIpc) is 3.00. The van der Waals surface area contributed by atoms with Gasteiger partial charge >= 0.3 is 15.6 Å². The Kier molecular flexibility index (Phi) is 5.61. The van der Waals surface area contributed by atoms with Crippen LogP contribution in [0.15, 0.2) is 42.0 Å². The standard InChI is InChI=1S/C19H17F3O5S/c1-10(2)14-9-26-18(15(14)11(3)4)16(23)13-8-6-7-12(5)17(13)27-28(24,25)19(20,21)22/h6-9H,1,3H2,2,4-5H3. The van der Waals surface area contributed by atoms with Gasteiger partial charge in [-0.25, -0.2) is 0 Å². The average molecular weight is 414 g/mol. The first kappa shape index (κ1) is 21.5. The summed E-state index contributed by atoms with van der Waals surface area (Å²) in [6.07, 6.45) is 1.28. The molecule has 0 unspecified atom stereocenters. The lowest BCUT2D eigenvalue weighted by Gasteiger charge is -2.14. The quantitative estimate of drug-likeness (QED) is 0.373. The highest BCUT2D eigenvalue weighted by molar-refractivity contribution is 7.88. The monoisotopic (exact) mass is 414 g/mol. The van der Waals surface area contributed by atoms with Crippen LogP contribution in [0.5, 0.6) is 5.75 Å². The number of alkyl halides is 3. The highest BCUT2D eigenvalue weighted by Gasteiger charge is 2.49. The van der Waals surface area contributed by atoms with Crippen LogP contribution in [0.2, 0.25) is 0 Å². The van der Waals surface area contributed by atoms with Crippen LogP contribution in [0.1, 0.15) is 46.7 Å². The summed E-state index contributed by atoms with van der Waals surface area (Å²) < 4.78 is 70.7. The van der Waals surface area contributed by atoms with Crippen molar-refractivity contribution in [1.82, 2.24) is 0 Å². The summed E-state index contributed by atoms with van der Waals surface area (Å²) in [5.74, 6) is -1.77. The normalized spacial score (nSPS) is 11.9. The minimum Gasteiger partial charge on any atom is -0.460 e. The molecule has 0 N–H and O–H groups in total. The van der Waals surface area contributed by atoms with Crippen LogP contribution in [0.4, 0.5) is 13.2 Å². The summed E-state index contributed by atoms with van der Waals surface area (Å²) in [6.45, 7) is 12.2. The molecule has 2 rings (SSSR count). The van der Waals surface area contributed by atoms with Gasteiger partial charge in [0, 0.05) is 11.1 Å². The fourth-order valence-electron chi connectivity index (χ4n) is 2.48. The number of halogens is 3. The maximum Gasteiger partial charge on any atom is 0.534 e. The van der Waals surface area contributed by atoms with E-state index in [-0.39, 0.29) is 11.3 Å². The Balaban J connectivity index is 2.65.